The molecule has 8 N–H and O–H groups in total. The maximum atomic E-state index is 13.0. The summed E-state index contributed by atoms with van der Waals surface area (Å²) in [5, 5.41) is 18.0. The summed E-state index contributed by atoms with van der Waals surface area (Å²) < 4.78 is 0. The van der Waals surface area contributed by atoms with Gasteiger partial charge < -0.3 is 47.3 Å². The van der Waals surface area contributed by atoms with Crippen molar-refractivity contribution in [3.8, 4) is 0 Å². The van der Waals surface area contributed by atoms with Crippen LogP contribution in [-0.2, 0) is 24.0 Å². The highest BCUT2D eigenvalue weighted by Crippen LogP contribution is 2.13. The molecule has 1 aliphatic rings. The van der Waals surface area contributed by atoms with E-state index in [4.69, 9.17) is 5.73 Å². The molecule has 2 atom stereocenters. The average molecular weight is 598 g/mol. The monoisotopic (exact) mass is 597 g/mol. The molecule has 0 saturated carbocycles. The van der Waals surface area contributed by atoms with Crippen molar-refractivity contribution >= 4 is 29.9 Å². The molecule has 2 unspecified atom stereocenters. The summed E-state index contributed by atoms with van der Waals surface area (Å²) in [5.41, 5.74) is 5.60. The Balaban J connectivity index is 2.66. The van der Waals surface area contributed by atoms with E-state index >= 15 is 0 Å². The number of nitrogens with two attached hydrogens (primary N) is 1. The topological polar surface area (TPSA) is 190 Å². The van der Waals surface area contributed by atoms with Crippen LogP contribution in [0.4, 0.5) is 0 Å². The van der Waals surface area contributed by atoms with Gasteiger partial charge in [-0.15, -0.1) is 0 Å². The largest absolute Gasteiger partial charge is 0.346 e. The average Bonchev–Trinajstić information content (AvgIpc) is 2.93. The molecule has 0 spiro atoms. The number of unbranched alkanes of at least 4 members (excludes halogenated alkanes) is 1. The smallest absolute Gasteiger partial charge is 0.243 e. The fraction of sp³-hybridized carbons (Fsp3) is 0.821. The normalized spacial score (nSPS) is 16.9. The highest BCUT2D eigenvalue weighted by atomic mass is 16.2. The third kappa shape index (κ3) is 15.5. The van der Waals surface area contributed by atoms with E-state index in [9.17, 15) is 24.0 Å². The first-order chi connectivity index (χ1) is 20.1. The van der Waals surface area contributed by atoms with Gasteiger partial charge in [0.05, 0.1) is 25.7 Å². The number of nitrogens with zero attached hydrogens (tertiary/aromatic N) is 2. The summed E-state index contributed by atoms with van der Waals surface area (Å²) in [5.74, 6) is -1.76. The van der Waals surface area contributed by atoms with Crippen LogP contribution in [0.15, 0.2) is 0 Å². The van der Waals surface area contributed by atoms with Crippen molar-refractivity contribution < 1.29 is 24.0 Å². The third-order valence-electron chi connectivity index (χ3n) is 6.98. The van der Waals surface area contributed by atoms with Crippen LogP contribution in [0.25, 0.3) is 0 Å². The molecular weight excluding hydrogens is 542 g/mol. The maximum absolute atomic E-state index is 13.0. The Morgan fingerprint density at radius 1 is 0.857 bits per heavy atom. The highest BCUT2D eigenvalue weighted by Gasteiger charge is 2.29. The van der Waals surface area contributed by atoms with Crippen LogP contribution in [0.5, 0.6) is 0 Å². The molecule has 14 nitrogen and oxygen atoms in total. The van der Waals surface area contributed by atoms with Crippen LogP contribution < -0.4 is 37.6 Å². The molecule has 0 radical (unpaired) electrons. The zero-order valence-electron chi connectivity index (χ0n) is 26.0. The minimum Gasteiger partial charge on any atom is -0.346 e. The number of amides is 4. The van der Waals surface area contributed by atoms with Crippen molar-refractivity contribution in [1.82, 2.24) is 41.7 Å². The summed E-state index contributed by atoms with van der Waals surface area (Å²) >= 11 is 0. The van der Waals surface area contributed by atoms with Crippen molar-refractivity contribution in [2.45, 2.75) is 65.1 Å². The van der Waals surface area contributed by atoms with E-state index in [-0.39, 0.29) is 43.4 Å². The lowest BCUT2D eigenvalue weighted by atomic mass is 10.0. The fourth-order valence-electron chi connectivity index (χ4n) is 4.64. The number of hydrogen-bond acceptors (Lipinski definition) is 10. The number of carbonyl (C=O) groups excluding carboxylic acids is 5. The van der Waals surface area contributed by atoms with Gasteiger partial charge in [-0.25, -0.2) is 0 Å². The number of nitrogens with one attached hydrogen (secondary N) is 6. The molecule has 1 saturated heterocycles. The highest BCUT2D eigenvalue weighted by molar-refractivity contribution is 5.92. The van der Waals surface area contributed by atoms with Crippen molar-refractivity contribution in [3.05, 3.63) is 0 Å². The molecule has 0 aromatic rings. The van der Waals surface area contributed by atoms with Gasteiger partial charge in [-0.05, 0) is 45.6 Å². The number of aldehydes is 1. The molecule has 1 fully saturated rings. The molecule has 4 amide bonds. The molecule has 242 valence electrons. The predicted molar refractivity (Wildman–Crippen MR) is 163 cm³/mol. The van der Waals surface area contributed by atoms with Crippen molar-refractivity contribution in [1.29, 1.82) is 0 Å². The molecule has 14 heteroatoms. The molecular formula is C28H55N9O5. The summed E-state index contributed by atoms with van der Waals surface area (Å²) in [6, 6.07) is -1.73. The van der Waals surface area contributed by atoms with Gasteiger partial charge in [-0.3, -0.25) is 24.1 Å². The Morgan fingerprint density at radius 3 is 1.98 bits per heavy atom. The summed E-state index contributed by atoms with van der Waals surface area (Å²) in [6.45, 7) is 13.7. The van der Waals surface area contributed by atoms with E-state index in [0.717, 1.165) is 45.6 Å². The van der Waals surface area contributed by atoms with Crippen LogP contribution >= 0.6 is 0 Å². The Morgan fingerprint density at radius 2 is 1.45 bits per heavy atom. The molecule has 0 aromatic heterocycles. The Labute approximate surface area is 251 Å². The molecule has 0 aliphatic carbocycles. The zero-order chi connectivity index (χ0) is 31.3. The Hall–Kier alpha value is -2.65. The quantitative estimate of drug-likeness (QED) is 0.0732. The van der Waals surface area contributed by atoms with Gasteiger partial charge >= 0.3 is 0 Å². The van der Waals surface area contributed by atoms with Gasteiger partial charge in [0, 0.05) is 58.4 Å². The van der Waals surface area contributed by atoms with Gasteiger partial charge in [-0.2, -0.15) is 0 Å². The molecule has 1 rings (SSSR count). The molecule has 1 heterocycles. The predicted octanol–water partition coefficient (Wildman–Crippen LogP) is -2.62. The first kappa shape index (κ1) is 37.4. The molecule has 1 aliphatic heterocycles. The van der Waals surface area contributed by atoms with Crippen LogP contribution in [0.2, 0.25) is 0 Å². The lowest BCUT2D eigenvalue weighted by Crippen LogP contribution is -2.54. The second-order valence-corrected chi connectivity index (χ2v) is 11.2. The van der Waals surface area contributed by atoms with E-state index in [0.29, 0.717) is 38.9 Å². The van der Waals surface area contributed by atoms with E-state index in [1.165, 1.54) is 4.90 Å². The van der Waals surface area contributed by atoms with Gasteiger partial charge in [0.25, 0.3) is 0 Å². The standard InChI is InChI=1S/C28H55N9O5/c1-21(2)24(20-38)37(22(3)4)27(41)18-34-28(42)23(7-5-6-8-29)35-25(39)17-33-26(40)19-36-15-13-31-11-9-30-10-12-32-14-16-36/h20-24,30-32H,5-19,29H2,1-4H3,(H,33,40)(H,34,42)(H,35,39). The van der Waals surface area contributed by atoms with E-state index in [2.05, 4.69) is 31.9 Å². The number of rotatable bonds is 16. The number of hydrogen-bond donors (Lipinski definition) is 7. The van der Waals surface area contributed by atoms with E-state index < -0.39 is 23.9 Å². The Kier molecular flexibility index (Phi) is 19.5. The first-order valence-corrected chi connectivity index (χ1v) is 15.2. The zero-order valence-corrected chi connectivity index (χ0v) is 26.0. The van der Waals surface area contributed by atoms with Crippen LogP contribution in [0, 0.1) is 5.92 Å². The van der Waals surface area contributed by atoms with Crippen LogP contribution in [-0.4, -0.2) is 136 Å². The van der Waals surface area contributed by atoms with E-state index in [1.807, 2.05) is 32.6 Å². The molecule has 0 bridgehead atoms. The van der Waals surface area contributed by atoms with Crippen LogP contribution in [0.3, 0.4) is 0 Å². The van der Waals surface area contributed by atoms with Crippen molar-refractivity contribution in [2.75, 3.05) is 78.5 Å². The van der Waals surface area contributed by atoms with Gasteiger partial charge in [-0.1, -0.05) is 13.8 Å². The first-order valence-electron chi connectivity index (χ1n) is 15.2. The second kappa shape index (κ2) is 22.0. The number of carbonyl (C=O) groups is 5. The third-order valence-corrected chi connectivity index (χ3v) is 6.98. The molecule has 42 heavy (non-hydrogen) atoms. The minimum absolute atomic E-state index is 0.0824. The van der Waals surface area contributed by atoms with E-state index in [1.54, 1.807) is 0 Å². The maximum Gasteiger partial charge on any atom is 0.243 e. The van der Waals surface area contributed by atoms with Crippen LogP contribution in [0.1, 0.15) is 47.0 Å². The van der Waals surface area contributed by atoms with Gasteiger partial charge in [0.1, 0.15) is 12.3 Å². The van der Waals surface area contributed by atoms with Gasteiger partial charge in [0.15, 0.2) is 0 Å². The van der Waals surface area contributed by atoms with Gasteiger partial charge in [0.2, 0.25) is 23.6 Å². The summed E-state index contributed by atoms with van der Waals surface area (Å²) in [4.78, 5) is 66.4. The molecule has 0 aromatic carbocycles. The summed E-state index contributed by atoms with van der Waals surface area (Å²) in [7, 11) is 0. The summed E-state index contributed by atoms with van der Waals surface area (Å²) in [6.07, 6.45) is 2.35. The van der Waals surface area contributed by atoms with Crippen molar-refractivity contribution in [3.63, 3.8) is 0 Å². The second-order valence-electron chi connectivity index (χ2n) is 11.2. The Bertz CT molecular complexity index is 816. The minimum atomic E-state index is -0.894. The lowest BCUT2D eigenvalue weighted by Gasteiger charge is -2.34. The SMILES string of the molecule is CC(C)C(C=O)N(C(=O)CNC(=O)C(CCCCN)NC(=O)CNC(=O)CN1CCNCCNCCNCC1)C(C)C. The lowest BCUT2D eigenvalue weighted by molar-refractivity contribution is -0.140. The van der Waals surface area contributed by atoms with Crippen molar-refractivity contribution in [2.24, 2.45) is 11.7 Å². The fourth-order valence-corrected chi connectivity index (χ4v) is 4.64.